The summed E-state index contributed by atoms with van der Waals surface area (Å²) in [7, 11) is 3.35. The summed E-state index contributed by atoms with van der Waals surface area (Å²) in [6.45, 7) is 2.76. The van der Waals surface area contributed by atoms with Crippen molar-refractivity contribution in [3.8, 4) is 5.75 Å². The third kappa shape index (κ3) is 4.52. The van der Waals surface area contributed by atoms with E-state index < -0.39 is 0 Å². The van der Waals surface area contributed by atoms with Gasteiger partial charge in [0.25, 0.3) is 0 Å². The second-order valence-corrected chi connectivity index (χ2v) is 5.32. The zero-order valence-electron chi connectivity index (χ0n) is 12.2. The first kappa shape index (κ1) is 15.9. The van der Waals surface area contributed by atoms with Crippen LogP contribution in [-0.2, 0) is 17.8 Å². The van der Waals surface area contributed by atoms with E-state index in [2.05, 4.69) is 31.3 Å². The Balaban J connectivity index is 2.04. The Morgan fingerprint density at radius 2 is 2.19 bits per heavy atom. The average Bonchev–Trinajstić information content (AvgIpc) is 2.93. The zero-order chi connectivity index (χ0) is 15.1. The molecule has 0 aliphatic carbocycles. The van der Waals surface area contributed by atoms with Gasteiger partial charge in [-0.25, -0.2) is 9.67 Å². The molecule has 0 bridgehead atoms. The summed E-state index contributed by atoms with van der Waals surface area (Å²) < 4.78 is 13.2. The molecule has 0 radical (unpaired) electrons. The van der Waals surface area contributed by atoms with Crippen LogP contribution in [0.5, 0.6) is 5.75 Å². The van der Waals surface area contributed by atoms with E-state index >= 15 is 0 Å². The van der Waals surface area contributed by atoms with E-state index in [1.165, 1.54) is 0 Å². The highest BCUT2D eigenvalue weighted by atomic mass is 79.9. The normalized spacial score (nSPS) is 10.8. The van der Waals surface area contributed by atoms with Crippen molar-refractivity contribution in [2.75, 3.05) is 27.4 Å². The lowest BCUT2D eigenvalue weighted by molar-refractivity contribution is 0.198. The van der Waals surface area contributed by atoms with Crippen LogP contribution in [0.25, 0.3) is 0 Å². The number of rotatable bonds is 8. The van der Waals surface area contributed by atoms with Crippen molar-refractivity contribution in [1.82, 2.24) is 20.1 Å². The molecular formula is C14H19BrN4O2. The molecule has 1 aromatic carbocycles. The van der Waals surface area contributed by atoms with E-state index in [0.29, 0.717) is 19.7 Å². The van der Waals surface area contributed by atoms with Gasteiger partial charge in [-0.1, -0.05) is 15.9 Å². The van der Waals surface area contributed by atoms with Gasteiger partial charge in [0.05, 0.1) is 26.8 Å². The van der Waals surface area contributed by atoms with Gasteiger partial charge in [-0.15, -0.1) is 0 Å². The lowest BCUT2D eigenvalue weighted by Crippen LogP contribution is -2.21. The first-order valence-electron chi connectivity index (χ1n) is 6.63. The summed E-state index contributed by atoms with van der Waals surface area (Å²) in [5, 5.41) is 7.55. The maximum atomic E-state index is 5.26. The number of benzene rings is 1. The maximum Gasteiger partial charge on any atom is 0.141 e. The van der Waals surface area contributed by atoms with Crippen LogP contribution in [0.4, 0.5) is 0 Å². The van der Waals surface area contributed by atoms with Crippen LogP contribution < -0.4 is 10.1 Å². The minimum Gasteiger partial charge on any atom is -0.497 e. The van der Waals surface area contributed by atoms with Crippen LogP contribution in [0, 0.1) is 0 Å². The van der Waals surface area contributed by atoms with E-state index in [4.69, 9.17) is 9.47 Å². The molecule has 0 unspecified atom stereocenters. The van der Waals surface area contributed by atoms with Crippen LogP contribution in [0.2, 0.25) is 0 Å². The molecule has 114 valence electrons. The summed E-state index contributed by atoms with van der Waals surface area (Å²) in [6, 6.07) is 5.89. The molecule has 0 atom stereocenters. The fraction of sp³-hybridized carbons (Fsp3) is 0.429. The molecule has 0 spiro atoms. The second kappa shape index (κ2) is 8.11. The third-order valence-electron chi connectivity index (χ3n) is 3.03. The van der Waals surface area contributed by atoms with Crippen LogP contribution in [-0.4, -0.2) is 42.1 Å². The molecule has 7 heteroatoms. The number of methoxy groups -OCH3 is 2. The first-order valence-corrected chi connectivity index (χ1v) is 7.42. The van der Waals surface area contributed by atoms with Gasteiger partial charge in [0.15, 0.2) is 0 Å². The summed E-state index contributed by atoms with van der Waals surface area (Å²) in [4.78, 5) is 4.28. The summed E-state index contributed by atoms with van der Waals surface area (Å²) in [6.07, 6.45) is 1.57. The summed E-state index contributed by atoms with van der Waals surface area (Å²) >= 11 is 3.55. The molecule has 21 heavy (non-hydrogen) atoms. The largest absolute Gasteiger partial charge is 0.497 e. The SMILES string of the molecule is COCCNCc1ncnn1Cc1cc(OC)ccc1Br. The van der Waals surface area contributed by atoms with Crippen LogP contribution >= 0.6 is 15.9 Å². The molecule has 1 aromatic heterocycles. The van der Waals surface area contributed by atoms with Gasteiger partial charge in [-0.2, -0.15) is 5.10 Å². The highest BCUT2D eigenvalue weighted by Gasteiger charge is 2.08. The van der Waals surface area contributed by atoms with Crippen molar-refractivity contribution >= 4 is 15.9 Å². The van der Waals surface area contributed by atoms with E-state index in [1.807, 2.05) is 22.9 Å². The fourth-order valence-corrected chi connectivity index (χ4v) is 2.26. The standard InChI is InChI=1S/C14H19BrN4O2/c1-20-6-5-16-8-14-17-10-18-19(14)9-11-7-12(21-2)3-4-13(11)15/h3-4,7,10,16H,5-6,8-9H2,1-2H3. The van der Waals surface area contributed by atoms with E-state index in [0.717, 1.165) is 28.2 Å². The predicted octanol–water partition coefficient (Wildman–Crippen LogP) is 1.83. The topological polar surface area (TPSA) is 61.2 Å². The van der Waals surface area contributed by atoms with E-state index in [1.54, 1.807) is 20.5 Å². The van der Waals surface area contributed by atoms with Crippen LogP contribution in [0.15, 0.2) is 29.0 Å². The molecule has 0 amide bonds. The molecule has 0 saturated heterocycles. The number of hydrogen-bond acceptors (Lipinski definition) is 5. The zero-order valence-corrected chi connectivity index (χ0v) is 13.8. The van der Waals surface area contributed by atoms with Crippen molar-refractivity contribution in [2.45, 2.75) is 13.1 Å². The van der Waals surface area contributed by atoms with Crippen molar-refractivity contribution in [3.05, 3.63) is 40.4 Å². The van der Waals surface area contributed by atoms with Crippen LogP contribution in [0.1, 0.15) is 11.4 Å². The Hall–Kier alpha value is -1.44. The van der Waals surface area contributed by atoms with Crippen molar-refractivity contribution in [1.29, 1.82) is 0 Å². The Morgan fingerprint density at radius 1 is 1.33 bits per heavy atom. The summed E-state index contributed by atoms with van der Waals surface area (Å²) in [5.74, 6) is 1.72. The molecule has 1 heterocycles. The minimum absolute atomic E-state index is 0.638. The predicted molar refractivity (Wildman–Crippen MR) is 83.4 cm³/mol. The second-order valence-electron chi connectivity index (χ2n) is 4.46. The number of aromatic nitrogens is 3. The summed E-state index contributed by atoms with van der Waals surface area (Å²) in [5.41, 5.74) is 1.10. The number of nitrogens with zero attached hydrogens (tertiary/aromatic N) is 3. The maximum absolute atomic E-state index is 5.26. The molecule has 2 rings (SSSR count). The molecule has 2 aromatic rings. The van der Waals surface area contributed by atoms with Gasteiger partial charge in [-0.05, 0) is 23.8 Å². The molecule has 0 aliphatic heterocycles. The van der Waals surface area contributed by atoms with Gasteiger partial charge in [-0.3, -0.25) is 0 Å². The molecule has 0 fully saturated rings. The van der Waals surface area contributed by atoms with Crippen molar-refractivity contribution < 1.29 is 9.47 Å². The molecule has 0 saturated carbocycles. The Labute approximate surface area is 132 Å². The van der Waals surface area contributed by atoms with Gasteiger partial charge in [0, 0.05) is 18.1 Å². The average molecular weight is 355 g/mol. The molecule has 6 nitrogen and oxygen atoms in total. The lowest BCUT2D eigenvalue weighted by atomic mass is 10.2. The number of ether oxygens (including phenoxy) is 2. The van der Waals surface area contributed by atoms with Gasteiger partial charge < -0.3 is 14.8 Å². The van der Waals surface area contributed by atoms with E-state index in [9.17, 15) is 0 Å². The highest BCUT2D eigenvalue weighted by molar-refractivity contribution is 9.10. The number of nitrogens with one attached hydrogen (secondary N) is 1. The van der Waals surface area contributed by atoms with Gasteiger partial charge in [0.1, 0.15) is 17.9 Å². The van der Waals surface area contributed by atoms with Crippen LogP contribution in [0.3, 0.4) is 0 Å². The third-order valence-corrected chi connectivity index (χ3v) is 3.81. The minimum atomic E-state index is 0.638. The first-order chi connectivity index (χ1) is 10.2. The van der Waals surface area contributed by atoms with Gasteiger partial charge in [0.2, 0.25) is 0 Å². The Morgan fingerprint density at radius 3 is 2.95 bits per heavy atom. The monoisotopic (exact) mass is 354 g/mol. The van der Waals surface area contributed by atoms with Crippen molar-refractivity contribution in [2.24, 2.45) is 0 Å². The lowest BCUT2D eigenvalue weighted by Gasteiger charge is -2.10. The fourth-order valence-electron chi connectivity index (χ4n) is 1.89. The quantitative estimate of drug-likeness (QED) is 0.732. The number of halogens is 1. The Kier molecular flexibility index (Phi) is 6.16. The smallest absolute Gasteiger partial charge is 0.141 e. The number of hydrogen-bond donors (Lipinski definition) is 1. The Bertz CT molecular complexity index is 574. The molecule has 0 aliphatic rings. The molecule has 1 N–H and O–H groups in total. The van der Waals surface area contributed by atoms with Gasteiger partial charge >= 0.3 is 0 Å². The van der Waals surface area contributed by atoms with E-state index in [-0.39, 0.29) is 0 Å². The highest BCUT2D eigenvalue weighted by Crippen LogP contribution is 2.23. The molecular weight excluding hydrogens is 336 g/mol. The van der Waals surface area contributed by atoms with Crippen molar-refractivity contribution in [3.63, 3.8) is 0 Å².